The van der Waals surface area contributed by atoms with Crippen LogP contribution in [-0.2, 0) is 10.0 Å². The van der Waals surface area contributed by atoms with E-state index in [0.717, 1.165) is 11.8 Å². The van der Waals surface area contributed by atoms with Crippen molar-refractivity contribution < 1.29 is 13.5 Å². The van der Waals surface area contributed by atoms with Crippen molar-refractivity contribution in [2.75, 3.05) is 19.8 Å². The second-order valence-electron chi connectivity index (χ2n) is 3.80. The van der Waals surface area contributed by atoms with Crippen LogP contribution in [0, 0.1) is 0 Å². The molecule has 1 aromatic rings. The summed E-state index contributed by atoms with van der Waals surface area (Å²) >= 11 is 0. The van der Waals surface area contributed by atoms with Gasteiger partial charge in [0, 0.05) is 13.6 Å². The maximum atomic E-state index is 11.1. The fraction of sp³-hybridized carbons (Fsp3) is 0.455. The molecule has 0 aliphatic heterocycles. The highest BCUT2D eigenvalue weighted by molar-refractivity contribution is 7.88. The van der Waals surface area contributed by atoms with Crippen LogP contribution in [0.3, 0.4) is 0 Å². The molecule has 16 heavy (non-hydrogen) atoms. The molecule has 0 radical (unpaired) electrons. The van der Waals surface area contributed by atoms with Gasteiger partial charge in [0.05, 0.1) is 12.4 Å². The van der Waals surface area contributed by atoms with Crippen LogP contribution in [0.5, 0.6) is 0 Å². The van der Waals surface area contributed by atoms with Crippen LogP contribution in [0.25, 0.3) is 0 Å². The molecule has 0 saturated heterocycles. The normalized spacial score (nSPS) is 14.0. The lowest BCUT2D eigenvalue weighted by atomic mass is 10.1. The molecule has 0 aliphatic carbocycles. The minimum atomic E-state index is -3.16. The van der Waals surface area contributed by atoms with Crippen molar-refractivity contribution in [2.24, 2.45) is 0 Å². The Balaban J connectivity index is 2.51. The maximum absolute atomic E-state index is 11.1. The van der Waals surface area contributed by atoms with E-state index >= 15 is 0 Å². The van der Waals surface area contributed by atoms with Crippen molar-refractivity contribution in [1.82, 2.24) is 4.31 Å². The number of benzene rings is 1. The van der Waals surface area contributed by atoms with E-state index in [-0.39, 0.29) is 0 Å². The molecule has 1 atom stereocenters. The summed E-state index contributed by atoms with van der Waals surface area (Å²) in [6, 6.07) is 9.22. The zero-order valence-electron chi connectivity index (χ0n) is 9.50. The van der Waals surface area contributed by atoms with Crippen molar-refractivity contribution >= 4 is 10.0 Å². The van der Waals surface area contributed by atoms with Gasteiger partial charge in [-0.3, -0.25) is 0 Å². The van der Waals surface area contributed by atoms with Crippen LogP contribution < -0.4 is 0 Å². The molecule has 0 aliphatic rings. The molecular formula is C11H17NO3S. The third-order valence-electron chi connectivity index (χ3n) is 2.47. The summed E-state index contributed by atoms with van der Waals surface area (Å²) in [5.74, 6) is 0. The minimum Gasteiger partial charge on any atom is -0.388 e. The summed E-state index contributed by atoms with van der Waals surface area (Å²) < 4.78 is 23.5. The highest BCUT2D eigenvalue weighted by Crippen LogP contribution is 2.16. The molecule has 0 bridgehead atoms. The molecule has 90 valence electrons. The Morgan fingerprint density at radius 2 is 1.88 bits per heavy atom. The maximum Gasteiger partial charge on any atom is 0.210 e. The smallest absolute Gasteiger partial charge is 0.210 e. The molecule has 1 aromatic carbocycles. The fourth-order valence-electron chi connectivity index (χ4n) is 1.31. The molecule has 1 rings (SSSR count). The summed E-state index contributed by atoms with van der Waals surface area (Å²) in [6.07, 6.45) is 0.931. The van der Waals surface area contributed by atoms with Crippen LogP contribution in [0.15, 0.2) is 30.3 Å². The molecule has 5 heteroatoms. The van der Waals surface area contributed by atoms with Gasteiger partial charge in [0.15, 0.2) is 0 Å². The second-order valence-corrected chi connectivity index (χ2v) is 5.89. The first-order chi connectivity index (χ1) is 7.41. The Kier molecular flexibility index (Phi) is 4.46. The molecule has 0 spiro atoms. The van der Waals surface area contributed by atoms with E-state index in [9.17, 15) is 13.5 Å². The van der Waals surface area contributed by atoms with E-state index in [1.54, 1.807) is 0 Å². The van der Waals surface area contributed by atoms with Crippen LogP contribution in [0.2, 0.25) is 0 Å². The van der Waals surface area contributed by atoms with Crippen molar-refractivity contribution in [3.05, 3.63) is 35.9 Å². The predicted octanol–water partition coefficient (Wildman–Crippen LogP) is 1.00. The van der Waals surface area contributed by atoms with Crippen LogP contribution >= 0.6 is 0 Å². The van der Waals surface area contributed by atoms with Crippen molar-refractivity contribution in [3.8, 4) is 0 Å². The number of nitrogens with zero attached hydrogens (tertiary/aromatic N) is 1. The third-order valence-corrected chi connectivity index (χ3v) is 3.78. The first-order valence-electron chi connectivity index (χ1n) is 5.05. The molecule has 0 unspecified atom stereocenters. The molecule has 0 heterocycles. The number of hydrogen-bond acceptors (Lipinski definition) is 3. The van der Waals surface area contributed by atoms with Gasteiger partial charge in [0.2, 0.25) is 10.0 Å². The molecule has 0 amide bonds. The predicted molar refractivity (Wildman–Crippen MR) is 63.5 cm³/mol. The van der Waals surface area contributed by atoms with Gasteiger partial charge in [0.1, 0.15) is 0 Å². The van der Waals surface area contributed by atoms with E-state index in [1.165, 1.54) is 11.4 Å². The quantitative estimate of drug-likeness (QED) is 0.839. The van der Waals surface area contributed by atoms with Crippen molar-refractivity contribution in [2.45, 2.75) is 12.5 Å². The zero-order valence-corrected chi connectivity index (χ0v) is 10.3. The lowest BCUT2D eigenvalue weighted by molar-refractivity contribution is 0.160. The van der Waals surface area contributed by atoms with Crippen LogP contribution in [0.1, 0.15) is 18.1 Å². The average Bonchev–Trinajstić information content (AvgIpc) is 2.25. The lowest BCUT2D eigenvalue weighted by Gasteiger charge is -2.16. The summed E-state index contributed by atoms with van der Waals surface area (Å²) in [5, 5.41) is 9.81. The monoisotopic (exact) mass is 243 g/mol. The first kappa shape index (κ1) is 13.2. The van der Waals surface area contributed by atoms with Gasteiger partial charge in [-0.05, 0) is 12.0 Å². The topological polar surface area (TPSA) is 57.6 Å². The first-order valence-corrected chi connectivity index (χ1v) is 6.90. The van der Waals surface area contributed by atoms with Gasteiger partial charge in [-0.2, -0.15) is 0 Å². The van der Waals surface area contributed by atoms with Gasteiger partial charge in [-0.15, -0.1) is 0 Å². The highest BCUT2D eigenvalue weighted by Gasteiger charge is 2.13. The van der Waals surface area contributed by atoms with Crippen LogP contribution in [0.4, 0.5) is 0 Å². The lowest BCUT2D eigenvalue weighted by Crippen LogP contribution is -2.27. The molecule has 0 fully saturated rings. The zero-order chi connectivity index (χ0) is 12.2. The minimum absolute atomic E-state index is 0.314. The Morgan fingerprint density at radius 1 is 1.31 bits per heavy atom. The van der Waals surface area contributed by atoms with Gasteiger partial charge < -0.3 is 5.11 Å². The summed E-state index contributed by atoms with van der Waals surface area (Å²) in [4.78, 5) is 0. The standard InChI is InChI=1S/C11H17NO3S/c1-12(16(2,14)15)9-8-11(13)10-6-4-3-5-7-10/h3-7,11,13H,8-9H2,1-2H3/t11-/m1/s1. The largest absolute Gasteiger partial charge is 0.388 e. The van der Waals surface area contributed by atoms with Gasteiger partial charge in [-0.1, -0.05) is 30.3 Å². The summed E-state index contributed by atoms with van der Waals surface area (Å²) in [7, 11) is -1.65. The Labute approximate surface area is 96.6 Å². The van der Waals surface area contributed by atoms with E-state index in [2.05, 4.69) is 0 Å². The molecule has 1 N–H and O–H groups in total. The van der Waals surface area contributed by atoms with E-state index in [4.69, 9.17) is 0 Å². The highest BCUT2D eigenvalue weighted by atomic mass is 32.2. The van der Waals surface area contributed by atoms with Crippen molar-refractivity contribution in [1.29, 1.82) is 0 Å². The second kappa shape index (κ2) is 5.43. The van der Waals surface area contributed by atoms with Crippen molar-refractivity contribution in [3.63, 3.8) is 0 Å². The number of hydrogen-bond donors (Lipinski definition) is 1. The number of sulfonamides is 1. The third kappa shape index (κ3) is 3.92. The number of aliphatic hydroxyl groups excluding tert-OH is 1. The van der Waals surface area contributed by atoms with Gasteiger partial charge in [0.25, 0.3) is 0 Å². The Hall–Kier alpha value is -0.910. The molecule has 4 nitrogen and oxygen atoms in total. The van der Waals surface area contributed by atoms with Gasteiger partial charge in [-0.25, -0.2) is 12.7 Å². The number of rotatable bonds is 5. The fourth-order valence-corrected chi connectivity index (χ4v) is 1.75. The SMILES string of the molecule is CN(CC[C@@H](O)c1ccccc1)S(C)(=O)=O. The summed E-state index contributed by atoms with van der Waals surface area (Å²) in [6.45, 7) is 0.314. The number of aliphatic hydroxyl groups is 1. The van der Waals surface area contributed by atoms with E-state index in [0.29, 0.717) is 13.0 Å². The Bertz CT molecular complexity index is 416. The molecule has 0 aromatic heterocycles. The van der Waals surface area contributed by atoms with Crippen LogP contribution in [-0.4, -0.2) is 37.7 Å². The van der Waals surface area contributed by atoms with Gasteiger partial charge >= 0.3 is 0 Å². The Morgan fingerprint density at radius 3 is 2.38 bits per heavy atom. The van der Waals surface area contributed by atoms with E-state index in [1.807, 2.05) is 30.3 Å². The molecular weight excluding hydrogens is 226 g/mol. The molecule has 0 saturated carbocycles. The summed E-state index contributed by atoms with van der Waals surface area (Å²) in [5.41, 5.74) is 0.810. The van der Waals surface area contributed by atoms with E-state index < -0.39 is 16.1 Å². The average molecular weight is 243 g/mol.